The topological polar surface area (TPSA) is 78.8 Å². The average Bonchev–Trinajstić information content (AvgIpc) is 2.85. The maximum Gasteiger partial charge on any atom is 0.271 e. The molecule has 0 fully saturated rings. The van der Waals surface area contributed by atoms with E-state index in [1.807, 2.05) is 0 Å². The Labute approximate surface area is 129 Å². The maximum absolute atomic E-state index is 12.2. The van der Waals surface area contributed by atoms with E-state index in [-0.39, 0.29) is 4.21 Å². The fourth-order valence-corrected chi connectivity index (χ4v) is 4.57. The molecule has 0 amide bonds. The smallest absolute Gasteiger partial charge is 0.271 e. The summed E-state index contributed by atoms with van der Waals surface area (Å²) < 4.78 is 27.8. The fourth-order valence-electron chi connectivity index (χ4n) is 1.51. The summed E-state index contributed by atoms with van der Waals surface area (Å²) in [5, 5.41) is 11.8. The van der Waals surface area contributed by atoms with Crippen LogP contribution in [0.2, 0.25) is 0 Å². The van der Waals surface area contributed by atoms with Gasteiger partial charge in [0, 0.05) is 11.3 Å². The van der Waals surface area contributed by atoms with E-state index >= 15 is 0 Å². The van der Waals surface area contributed by atoms with Gasteiger partial charge in [-0.1, -0.05) is 17.3 Å². The van der Waals surface area contributed by atoms with E-state index in [2.05, 4.69) is 25.8 Å². The zero-order valence-electron chi connectivity index (χ0n) is 10.4. The number of hydrogen-bond acceptors (Lipinski definition) is 5. The summed E-state index contributed by atoms with van der Waals surface area (Å²) in [7, 11) is -3.61. The van der Waals surface area contributed by atoms with Crippen molar-refractivity contribution in [2.24, 2.45) is 5.16 Å². The van der Waals surface area contributed by atoms with Gasteiger partial charge in [-0.2, -0.15) is 0 Å². The second-order valence-corrected chi connectivity index (χ2v) is 8.30. The molecule has 106 valence electrons. The molecule has 2 aromatic rings. The monoisotopic (exact) mass is 374 g/mol. The number of benzene rings is 1. The number of hydrogen-bond donors (Lipinski definition) is 2. The molecule has 1 aromatic carbocycles. The average molecular weight is 375 g/mol. The molecule has 0 bridgehead atoms. The van der Waals surface area contributed by atoms with Crippen LogP contribution < -0.4 is 4.72 Å². The van der Waals surface area contributed by atoms with Crippen LogP contribution in [-0.4, -0.2) is 19.3 Å². The second kappa shape index (κ2) is 5.94. The number of nitrogens with zero attached hydrogens (tertiary/aromatic N) is 1. The fraction of sp³-hybridized carbons (Fsp3) is 0.0833. The Morgan fingerprint density at radius 3 is 2.70 bits per heavy atom. The van der Waals surface area contributed by atoms with Crippen molar-refractivity contribution in [2.45, 2.75) is 11.1 Å². The van der Waals surface area contributed by atoms with Gasteiger partial charge in [0.15, 0.2) is 0 Å². The summed E-state index contributed by atoms with van der Waals surface area (Å²) in [6, 6.07) is 9.87. The molecule has 20 heavy (non-hydrogen) atoms. The molecular weight excluding hydrogens is 364 g/mol. The first-order valence-corrected chi connectivity index (χ1v) is 8.59. The van der Waals surface area contributed by atoms with E-state index < -0.39 is 10.0 Å². The molecule has 5 nitrogen and oxygen atoms in total. The van der Waals surface area contributed by atoms with E-state index in [4.69, 9.17) is 5.21 Å². The number of nitrogens with one attached hydrogen (secondary N) is 1. The highest BCUT2D eigenvalue weighted by molar-refractivity contribution is 9.11. The largest absolute Gasteiger partial charge is 0.411 e. The first kappa shape index (κ1) is 15.0. The summed E-state index contributed by atoms with van der Waals surface area (Å²) in [4.78, 5) is 0. The third-order valence-corrected chi connectivity index (χ3v) is 5.99. The zero-order chi connectivity index (χ0) is 14.8. The molecule has 0 aliphatic rings. The van der Waals surface area contributed by atoms with Crippen LogP contribution in [-0.2, 0) is 10.0 Å². The lowest BCUT2D eigenvalue weighted by molar-refractivity contribution is 0.319. The summed E-state index contributed by atoms with van der Waals surface area (Å²) in [5.41, 5.74) is 1.46. The van der Waals surface area contributed by atoms with E-state index in [0.29, 0.717) is 17.0 Å². The van der Waals surface area contributed by atoms with Crippen LogP contribution in [0.1, 0.15) is 12.5 Å². The Kier molecular flexibility index (Phi) is 4.46. The van der Waals surface area contributed by atoms with Gasteiger partial charge in [-0.15, -0.1) is 11.3 Å². The van der Waals surface area contributed by atoms with Crippen molar-refractivity contribution in [1.82, 2.24) is 0 Å². The van der Waals surface area contributed by atoms with Gasteiger partial charge >= 0.3 is 0 Å². The molecular formula is C12H11BrN2O3S2. The van der Waals surface area contributed by atoms with Gasteiger partial charge in [-0.25, -0.2) is 8.42 Å². The number of halogens is 1. The molecule has 2 N–H and O–H groups in total. The molecule has 0 radical (unpaired) electrons. The van der Waals surface area contributed by atoms with Gasteiger partial charge in [-0.3, -0.25) is 4.72 Å². The number of sulfonamides is 1. The predicted molar refractivity (Wildman–Crippen MR) is 83.3 cm³/mol. The number of rotatable bonds is 4. The van der Waals surface area contributed by atoms with Crippen molar-refractivity contribution in [3.8, 4) is 0 Å². The maximum atomic E-state index is 12.2. The number of thiophene rings is 1. The van der Waals surface area contributed by atoms with Crippen LogP contribution in [0.5, 0.6) is 0 Å². The lowest BCUT2D eigenvalue weighted by atomic mass is 10.1. The Bertz CT molecular complexity index is 754. The highest BCUT2D eigenvalue weighted by Crippen LogP contribution is 2.27. The highest BCUT2D eigenvalue weighted by atomic mass is 79.9. The standard InChI is InChI=1S/C12H11BrN2O3S2/c1-8(14-16)9-3-2-4-10(7-9)15-20(17,18)12-6-5-11(13)19-12/h2-7,15-16H,1H3/b14-8+. The lowest BCUT2D eigenvalue weighted by Gasteiger charge is -2.07. The third-order valence-electron chi connectivity index (χ3n) is 2.50. The van der Waals surface area contributed by atoms with Crippen molar-refractivity contribution in [1.29, 1.82) is 0 Å². The van der Waals surface area contributed by atoms with Crippen molar-refractivity contribution < 1.29 is 13.6 Å². The van der Waals surface area contributed by atoms with E-state index in [1.165, 1.54) is 6.07 Å². The minimum Gasteiger partial charge on any atom is -0.411 e. The second-order valence-electron chi connectivity index (χ2n) is 3.93. The molecule has 0 spiro atoms. The lowest BCUT2D eigenvalue weighted by Crippen LogP contribution is -2.11. The van der Waals surface area contributed by atoms with Gasteiger partial charge in [-0.05, 0) is 47.1 Å². The summed E-state index contributed by atoms with van der Waals surface area (Å²) >= 11 is 4.36. The van der Waals surface area contributed by atoms with Crippen molar-refractivity contribution in [3.05, 3.63) is 45.7 Å². The molecule has 1 aromatic heterocycles. The molecule has 0 saturated carbocycles. The van der Waals surface area contributed by atoms with Crippen LogP contribution >= 0.6 is 27.3 Å². The van der Waals surface area contributed by atoms with E-state index in [1.54, 1.807) is 37.3 Å². The third kappa shape index (κ3) is 3.38. The quantitative estimate of drug-likeness (QED) is 0.488. The zero-order valence-corrected chi connectivity index (χ0v) is 13.6. The van der Waals surface area contributed by atoms with Crippen molar-refractivity contribution in [3.63, 3.8) is 0 Å². The molecule has 8 heteroatoms. The van der Waals surface area contributed by atoms with Gasteiger partial charge in [0.1, 0.15) is 4.21 Å². The Balaban J connectivity index is 2.30. The Morgan fingerprint density at radius 1 is 1.35 bits per heavy atom. The molecule has 0 atom stereocenters. The molecule has 1 heterocycles. The first-order valence-electron chi connectivity index (χ1n) is 5.49. The van der Waals surface area contributed by atoms with Crippen molar-refractivity contribution in [2.75, 3.05) is 4.72 Å². The minimum atomic E-state index is -3.61. The van der Waals surface area contributed by atoms with Crippen LogP contribution in [0.4, 0.5) is 5.69 Å². The van der Waals surface area contributed by atoms with E-state index in [0.717, 1.165) is 15.1 Å². The Morgan fingerprint density at radius 2 is 2.10 bits per heavy atom. The molecule has 0 aliphatic heterocycles. The van der Waals surface area contributed by atoms with Crippen molar-refractivity contribution >= 4 is 48.7 Å². The summed E-state index contributed by atoms with van der Waals surface area (Å²) in [6.07, 6.45) is 0. The summed E-state index contributed by atoms with van der Waals surface area (Å²) in [6.45, 7) is 1.63. The van der Waals surface area contributed by atoms with Crippen LogP contribution in [0.25, 0.3) is 0 Å². The van der Waals surface area contributed by atoms with Gasteiger partial charge in [0.2, 0.25) is 0 Å². The first-order chi connectivity index (χ1) is 9.42. The van der Waals surface area contributed by atoms with Crippen LogP contribution in [0, 0.1) is 0 Å². The highest BCUT2D eigenvalue weighted by Gasteiger charge is 2.16. The molecule has 0 saturated heterocycles. The van der Waals surface area contributed by atoms with Gasteiger partial charge in [0.05, 0.1) is 9.50 Å². The normalized spacial score (nSPS) is 12.4. The summed E-state index contributed by atoms with van der Waals surface area (Å²) in [5.74, 6) is 0. The van der Waals surface area contributed by atoms with Gasteiger partial charge in [0.25, 0.3) is 10.0 Å². The Hall–Kier alpha value is -1.38. The molecule has 0 aliphatic carbocycles. The minimum absolute atomic E-state index is 0.224. The molecule has 2 rings (SSSR count). The SMILES string of the molecule is C/C(=N\O)c1cccc(NS(=O)(=O)c2ccc(Br)s2)c1. The van der Waals surface area contributed by atoms with Crippen LogP contribution in [0.3, 0.4) is 0 Å². The van der Waals surface area contributed by atoms with Gasteiger partial charge < -0.3 is 5.21 Å². The predicted octanol–water partition coefficient (Wildman–Crippen LogP) is 3.51. The van der Waals surface area contributed by atoms with E-state index in [9.17, 15) is 8.42 Å². The van der Waals surface area contributed by atoms with Crippen LogP contribution in [0.15, 0.2) is 49.5 Å². The number of oxime groups is 1. The molecule has 0 unspecified atom stereocenters. The number of anilines is 1.